The predicted molar refractivity (Wildman–Crippen MR) is 75.8 cm³/mol. The molecule has 3 fully saturated rings. The lowest BCUT2D eigenvalue weighted by Crippen LogP contribution is -2.61. The maximum absolute atomic E-state index is 3.72. The number of piperazine rings is 1. The molecule has 4 unspecified atom stereocenters. The van der Waals surface area contributed by atoms with Gasteiger partial charge in [0.25, 0.3) is 0 Å². The molecule has 0 radical (unpaired) electrons. The summed E-state index contributed by atoms with van der Waals surface area (Å²) in [4.78, 5) is 5.31. The third-order valence-electron chi connectivity index (χ3n) is 5.48. The van der Waals surface area contributed by atoms with Gasteiger partial charge in [-0.2, -0.15) is 0 Å². The fraction of sp³-hybridized carbons (Fsp3) is 1.00. The van der Waals surface area contributed by atoms with Gasteiger partial charge in [-0.25, -0.2) is 0 Å². The summed E-state index contributed by atoms with van der Waals surface area (Å²) >= 11 is 0. The van der Waals surface area contributed by atoms with Crippen LogP contribution in [0.1, 0.15) is 39.5 Å². The minimum absolute atomic E-state index is 0.714. The van der Waals surface area contributed by atoms with Gasteiger partial charge in [0.1, 0.15) is 0 Å². The van der Waals surface area contributed by atoms with Crippen molar-refractivity contribution in [3.63, 3.8) is 0 Å². The zero-order valence-electron chi connectivity index (χ0n) is 12.2. The van der Waals surface area contributed by atoms with E-state index < -0.39 is 0 Å². The van der Waals surface area contributed by atoms with Crippen molar-refractivity contribution < 1.29 is 0 Å². The molecule has 18 heavy (non-hydrogen) atoms. The Kier molecular flexibility index (Phi) is 3.65. The molecule has 0 aromatic rings. The van der Waals surface area contributed by atoms with Gasteiger partial charge in [-0.15, -0.1) is 0 Å². The highest BCUT2D eigenvalue weighted by Crippen LogP contribution is 2.34. The van der Waals surface area contributed by atoms with Crippen molar-refractivity contribution in [1.82, 2.24) is 15.1 Å². The second-order valence-electron chi connectivity index (χ2n) is 6.90. The molecule has 3 aliphatic rings. The largest absolute Gasteiger partial charge is 0.314 e. The Balaban J connectivity index is 1.50. The van der Waals surface area contributed by atoms with Crippen LogP contribution in [0.4, 0.5) is 0 Å². The van der Waals surface area contributed by atoms with Crippen LogP contribution in [0.5, 0.6) is 0 Å². The molecular formula is C15H29N3. The summed E-state index contributed by atoms with van der Waals surface area (Å²) in [5.41, 5.74) is 0. The van der Waals surface area contributed by atoms with E-state index in [4.69, 9.17) is 0 Å². The van der Waals surface area contributed by atoms with E-state index in [-0.39, 0.29) is 0 Å². The standard InChI is InChI=1S/C15H29N3/c1-11-9-18(10-12(2)17(11)3)15-7-4-13(15)8-16-14-5-6-14/h11-16H,4-10H2,1-3H3. The van der Waals surface area contributed by atoms with Crippen LogP contribution in [-0.4, -0.2) is 60.6 Å². The van der Waals surface area contributed by atoms with Gasteiger partial charge in [-0.1, -0.05) is 0 Å². The zero-order valence-corrected chi connectivity index (χ0v) is 12.2. The smallest absolute Gasteiger partial charge is 0.0195 e. The van der Waals surface area contributed by atoms with Gasteiger partial charge < -0.3 is 5.32 Å². The molecule has 2 saturated carbocycles. The molecule has 1 heterocycles. The molecule has 2 aliphatic carbocycles. The summed E-state index contributed by atoms with van der Waals surface area (Å²) in [7, 11) is 2.28. The van der Waals surface area contributed by atoms with Gasteiger partial charge in [0.15, 0.2) is 0 Å². The summed E-state index contributed by atoms with van der Waals surface area (Å²) in [6.45, 7) is 8.55. The molecule has 104 valence electrons. The number of nitrogens with zero attached hydrogens (tertiary/aromatic N) is 2. The van der Waals surface area contributed by atoms with Crippen molar-refractivity contribution >= 4 is 0 Å². The first-order valence-corrected chi connectivity index (χ1v) is 7.84. The average Bonchev–Trinajstić information content (AvgIpc) is 3.08. The lowest BCUT2D eigenvalue weighted by molar-refractivity contribution is -0.0168. The molecule has 0 spiro atoms. The molecule has 4 atom stereocenters. The highest BCUT2D eigenvalue weighted by atomic mass is 15.3. The summed E-state index contributed by atoms with van der Waals surface area (Å²) in [6.07, 6.45) is 5.71. The third kappa shape index (κ3) is 2.59. The quantitative estimate of drug-likeness (QED) is 0.818. The van der Waals surface area contributed by atoms with Crippen molar-refractivity contribution in [2.45, 2.75) is 63.7 Å². The van der Waals surface area contributed by atoms with E-state index in [1.165, 1.54) is 45.3 Å². The van der Waals surface area contributed by atoms with Gasteiger partial charge >= 0.3 is 0 Å². The Bertz CT molecular complexity index is 277. The van der Waals surface area contributed by atoms with Crippen LogP contribution < -0.4 is 5.32 Å². The first-order chi connectivity index (χ1) is 8.65. The molecule has 3 nitrogen and oxygen atoms in total. The molecule has 1 saturated heterocycles. The van der Waals surface area contributed by atoms with E-state index in [1.807, 2.05) is 0 Å². The zero-order chi connectivity index (χ0) is 12.7. The van der Waals surface area contributed by atoms with Crippen LogP contribution in [0.3, 0.4) is 0 Å². The van der Waals surface area contributed by atoms with Crippen LogP contribution in [0, 0.1) is 5.92 Å². The second-order valence-corrected chi connectivity index (χ2v) is 6.90. The Morgan fingerprint density at radius 2 is 1.67 bits per heavy atom. The normalized spacial score (nSPS) is 42.8. The Hall–Kier alpha value is -0.120. The van der Waals surface area contributed by atoms with E-state index in [1.54, 1.807) is 0 Å². The van der Waals surface area contributed by atoms with Gasteiger partial charge in [0.2, 0.25) is 0 Å². The van der Waals surface area contributed by atoms with Crippen molar-refractivity contribution in [2.24, 2.45) is 5.92 Å². The Morgan fingerprint density at radius 1 is 1.00 bits per heavy atom. The van der Waals surface area contributed by atoms with Gasteiger partial charge in [-0.05, 0) is 59.0 Å². The maximum Gasteiger partial charge on any atom is 0.0195 e. The van der Waals surface area contributed by atoms with E-state index in [0.29, 0.717) is 12.1 Å². The molecule has 0 amide bonds. The number of hydrogen-bond acceptors (Lipinski definition) is 3. The minimum atomic E-state index is 0.714. The topological polar surface area (TPSA) is 18.5 Å². The molecule has 0 bridgehead atoms. The van der Waals surface area contributed by atoms with Crippen LogP contribution in [0.15, 0.2) is 0 Å². The van der Waals surface area contributed by atoms with Gasteiger partial charge in [0, 0.05) is 37.3 Å². The minimum Gasteiger partial charge on any atom is -0.314 e. The van der Waals surface area contributed by atoms with Crippen molar-refractivity contribution in [3.05, 3.63) is 0 Å². The molecule has 0 aromatic carbocycles. The fourth-order valence-electron chi connectivity index (χ4n) is 3.59. The maximum atomic E-state index is 3.72. The van der Waals surface area contributed by atoms with Crippen LogP contribution in [-0.2, 0) is 0 Å². The SMILES string of the molecule is CC1CN(C2CCC2CNC2CC2)CC(C)N1C. The number of hydrogen-bond donors (Lipinski definition) is 1. The molecule has 1 aliphatic heterocycles. The summed E-state index contributed by atoms with van der Waals surface area (Å²) < 4.78 is 0. The van der Waals surface area contributed by atoms with E-state index in [0.717, 1.165) is 18.0 Å². The lowest BCUT2D eigenvalue weighted by atomic mass is 9.77. The summed E-state index contributed by atoms with van der Waals surface area (Å²) in [6, 6.07) is 3.17. The van der Waals surface area contributed by atoms with Crippen LogP contribution in [0.2, 0.25) is 0 Å². The first-order valence-electron chi connectivity index (χ1n) is 7.84. The third-order valence-corrected chi connectivity index (χ3v) is 5.48. The van der Waals surface area contributed by atoms with Crippen molar-refractivity contribution in [2.75, 3.05) is 26.7 Å². The number of nitrogens with one attached hydrogen (secondary N) is 1. The van der Waals surface area contributed by atoms with Crippen LogP contribution >= 0.6 is 0 Å². The monoisotopic (exact) mass is 251 g/mol. The highest BCUT2D eigenvalue weighted by Gasteiger charge is 2.39. The van der Waals surface area contributed by atoms with Crippen molar-refractivity contribution in [3.8, 4) is 0 Å². The molecule has 3 rings (SSSR count). The van der Waals surface area contributed by atoms with E-state index >= 15 is 0 Å². The lowest BCUT2D eigenvalue weighted by Gasteiger charge is -2.51. The molecular weight excluding hydrogens is 222 g/mol. The Morgan fingerprint density at radius 3 is 2.17 bits per heavy atom. The van der Waals surface area contributed by atoms with E-state index in [9.17, 15) is 0 Å². The Labute approximate surface area is 112 Å². The highest BCUT2D eigenvalue weighted by molar-refractivity contribution is 4.96. The van der Waals surface area contributed by atoms with Crippen molar-refractivity contribution in [1.29, 1.82) is 0 Å². The summed E-state index contributed by atoms with van der Waals surface area (Å²) in [5.74, 6) is 0.924. The molecule has 3 heteroatoms. The first kappa shape index (κ1) is 12.9. The number of likely N-dealkylation sites (N-methyl/N-ethyl adjacent to an activating group) is 1. The number of rotatable bonds is 4. The second kappa shape index (κ2) is 5.10. The fourth-order valence-corrected chi connectivity index (χ4v) is 3.59. The van der Waals surface area contributed by atoms with Gasteiger partial charge in [-0.3, -0.25) is 9.80 Å². The van der Waals surface area contributed by atoms with E-state index in [2.05, 4.69) is 36.0 Å². The van der Waals surface area contributed by atoms with Crippen LogP contribution in [0.25, 0.3) is 0 Å². The molecule has 0 aromatic heterocycles. The summed E-state index contributed by atoms with van der Waals surface area (Å²) in [5, 5.41) is 3.72. The predicted octanol–water partition coefficient (Wildman–Crippen LogP) is 1.54. The average molecular weight is 251 g/mol. The molecule has 1 N–H and O–H groups in total. The van der Waals surface area contributed by atoms with Gasteiger partial charge in [0.05, 0.1) is 0 Å².